The van der Waals surface area contributed by atoms with Crippen molar-refractivity contribution < 1.29 is 0 Å². The Morgan fingerprint density at radius 1 is 1.11 bits per heavy atom. The fraction of sp³-hybridized carbons (Fsp3) is 1.00. The van der Waals surface area contributed by atoms with Gasteiger partial charge in [-0.05, 0) is 56.4 Å². The second-order valence-corrected chi connectivity index (χ2v) is 7.34. The number of hydrogen-bond donors (Lipinski definition) is 1. The van der Waals surface area contributed by atoms with Gasteiger partial charge >= 0.3 is 0 Å². The molecule has 19 heavy (non-hydrogen) atoms. The van der Waals surface area contributed by atoms with E-state index in [1.54, 1.807) is 0 Å². The predicted octanol–water partition coefficient (Wildman–Crippen LogP) is 3.67. The Bertz CT molecular complexity index is 258. The van der Waals surface area contributed by atoms with Gasteiger partial charge in [-0.15, -0.1) is 0 Å². The van der Waals surface area contributed by atoms with Crippen molar-refractivity contribution in [3.8, 4) is 0 Å². The topological polar surface area (TPSA) is 15.3 Å². The first-order valence-corrected chi connectivity index (χ1v) is 8.61. The van der Waals surface area contributed by atoms with Gasteiger partial charge in [0, 0.05) is 25.7 Å². The molecule has 0 aliphatic heterocycles. The molecule has 0 aromatic rings. The lowest BCUT2D eigenvalue weighted by molar-refractivity contribution is 0.138. The Labute approximate surface area is 120 Å². The van der Waals surface area contributed by atoms with Crippen LogP contribution in [-0.4, -0.2) is 37.1 Å². The van der Waals surface area contributed by atoms with Gasteiger partial charge in [0.15, 0.2) is 0 Å². The van der Waals surface area contributed by atoms with E-state index in [1.165, 1.54) is 71.1 Å². The third-order valence-corrected chi connectivity index (χ3v) is 4.67. The van der Waals surface area contributed by atoms with E-state index in [2.05, 4.69) is 31.0 Å². The van der Waals surface area contributed by atoms with Gasteiger partial charge in [-0.1, -0.05) is 27.2 Å². The Morgan fingerprint density at radius 2 is 1.84 bits per heavy atom. The molecule has 2 saturated carbocycles. The van der Waals surface area contributed by atoms with E-state index in [-0.39, 0.29) is 0 Å². The first-order chi connectivity index (χ1) is 9.17. The number of hydrogen-bond acceptors (Lipinski definition) is 2. The quantitative estimate of drug-likeness (QED) is 0.574. The third kappa shape index (κ3) is 5.43. The summed E-state index contributed by atoms with van der Waals surface area (Å²) in [6.45, 7) is 12.2. The fourth-order valence-corrected chi connectivity index (χ4v) is 3.30. The second-order valence-electron chi connectivity index (χ2n) is 7.34. The molecule has 0 bridgehead atoms. The van der Waals surface area contributed by atoms with Crippen LogP contribution in [0.4, 0.5) is 0 Å². The molecule has 112 valence electrons. The first kappa shape index (κ1) is 15.3. The Balaban J connectivity index is 1.84. The molecule has 0 saturated heterocycles. The standard InChI is InChI=1S/C17H34N2/c1-4-10-17(3,13-18-11-5-2)14-19(16-8-9-16)12-15-6-7-15/h15-16,18H,4-14H2,1-3H3. The summed E-state index contributed by atoms with van der Waals surface area (Å²) < 4.78 is 0. The van der Waals surface area contributed by atoms with Gasteiger partial charge in [-0.2, -0.15) is 0 Å². The van der Waals surface area contributed by atoms with Crippen molar-refractivity contribution >= 4 is 0 Å². The van der Waals surface area contributed by atoms with Crippen LogP contribution in [0.25, 0.3) is 0 Å². The van der Waals surface area contributed by atoms with Crippen LogP contribution in [0.5, 0.6) is 0 Å². The fourth-order valence-electron chi connectivity index (χ4n) is 3.30. The molecule has 0 radical (unpaired) electrons. The summed E-state index contributed by atoms with van der Waals surface area (Å²) in [7, 11) is 0. The number of nitrogens with zero attached hydrogens (tertiary/aromatic N) is 1. The summed E-state index contributed by atoms with van der Waals surface area (Å²) in [5, 5.41) is 3.67. The maximum absolute atomic E-state index is 3.67. The van der Waals surface area contributed by atoms with Gasteiger partial charge in [-0.3, -0.25) is 4.90 Å². The predicted molar refractivity (Wildman–Crippen MR) is 83.5 cm³/mol. The maximum Gasteiger partial charge on any atom is 0.00967 e. The molecule has 2 fully saturated rings. The summed E-state index contributed by atoms with van der Waals surface area (Å²) in [4.78, 5) is 2.83. The summed E-state index contributed by atoms with van der Waals surface area (Å²) in [5.41, 5.74) is 0.474. The molecular weight excluding hydrogens is 232 g/mol. The average Bonchev–Trinajstić information content (AvgIpc) is 3.23. The number of rotatable bonds is 11. The summed E-state index contributed by atoms with van der Waals surface area (Å²) in [6.07, 6.45) is 9.80. The van der Waals surface area contributed by atoms with Crippen molar-refractivity contribution in [1.29, 1.82) is 0 Å². The third-order valence-electron chi connectivity index (χ3n) is 4.67. The zero-order valence-electron chi connectivity index (χ0n) is 13.4. The van der Waals surface area contributed by atoms with E-state index in [0.717, 1.165) is 12.0 Å². The van der Waals surface area contributed by atoms with Crippen LogP contribution in [-0.2, 0) is 0 Å². The van der Waals surface area contributed by atoms with Crippen LogP contribution in [0.3, 0.4) is 0 Å². The maximum atomic E-state index is 3.67. The minimum Gasteiger partial charge on any atom is -0.316 e. The molecule has 0 heterocycles. The van der Waals surface area contributed by atoms with Crippen molar-refractivity contribution in [1.82, 2.24) is 10.2 Å². The van der Waals surface area contributed by atoms with Crippen molar-refractivity contribution in [2.45, 2.75) is 71.8 Å². The van der Waals surface area contributed by atoms with Gasteiger partial charge < -0.3 is 5.32 Å². The molecule has 2 rings (SSSR count). The van der Waals surface area contributed by atoms with Crippen LogP contribution in [0, 0.1) is 11.3 Å². The van der Waals surface area contributed by atoms with E-state index >= 15 is 0 Å². The van der Waals surface area contributed by atoms with Crippen molar-refractivity contribution in [3.05, 3.63) is 0 Å². The highest BCUT2D eigenvalue weighted by molar-refractivity contribution is 4.92. The van der Waals surface area contributed by atoms with E-state index in [0.29, 0.717) is 5.41 Å². The van der Waals surface area contributed by atoms with Gasteiger partial charge in [-0.25, -0.2) is 0 Å². The molecule has 2 heteroatoms. The monoisotopic (exact) mass is 266 g/mol. The van der Waals surface area contributed by atoms with Crippen molar-refractivity contribution in [2.24, 2.45) is 11.3 Å². The molecule has 0 aromatic carbocycles. The summed E-state index contributed by atoms with van der Waals surface area (Å²) in [6, 6.07) is 0.933. The Morgan fingerprint density at radius 3 is 2.37 bits per heavy atom. The lowest BCUT2D eigenvalue weighted by Crippen LogP contribution is -2.44. The molecule has 1 unspecified atom stereocenters. The molecule has 2 aliphatic carbocycles. The lowest BCUT2D eigenvalue weighted by Gasteiger charge is -2.36. The molecule has 0 aromatic heterocycles. The van der Waals surface area contributed by atoms with E-state index in [4.69, 9.17) is 0 Å². The molecule has 1 atom stereocenters. The second kappa shape index (κ2) is 7.08. The molecule has 2 nitrogen and oxygen atoms in total. The summed E-state index contributed by atoms with van der Waals surface area (Å²) >= 11 is 0. The van der Waals surface area contributed by atoms with Gasteiger partial charge in [0.05, 0.1) is 0 Å². The van der Waals surface area contributed by atoms with Gasteiger partial charge in [0.2, 0.25) is 0 Å². The smallest absolute Gasteiger partial charge is 0.00967 e. The average molecular weight is 266 g/mol. The van der Waals surface area contributed by atoms with Gasteiger partial charge in [0.1, 0.15) is 0 Å². The normalized spacial score (nSPS) is 22.7. The molecule has 0 spiro atoms. The van der Waals surface area contributed by atoms with Crippen LogP contribution in [0.15, 0.2) is 0 Å². The Kier molecular flexibility index (Phi) is 5.70. The van der Waals surface area contributed by atoms with E-state index in [9.17, 15) is 0 Å². The molecule has 0 amide bonds. The minimum atomic E-state index is 0.474. The lowest BCUT2D eigenvalue weighted by atomic mass is 9.84. The Hall–Kier alpha value is -0.0800. The minimum absolute atomic E-state index is 0.474. The largest absolute Gasteiger partial charge is 0.316 e. The highest BCUT2D eigenvalue weighted by Gasteiger charge is 2.37. The highest BCUT2D eigenvalue weighted by Crippen LogP contribution is 2.37. The number of nitrogens with one attached hydrogen (secondary N) is 1. The van der Waals surface area contributed by atoms with Crippen LogP contribution in [0.2, 0.25) is 0 Å². The first-order valence-electron chi connectivity index (χ1n) is 8.61. The summed E-state index contributed by atoms with van der Waals surface area (Å²) in [5.74, 6) is 1.04. The van der Waals surface area contributed by atoms with Crippen LogP contribution >= 0.6 is 0 Å². The van der Waals surface area contributed by atoms with Crippen LogP contribution < -0.4 is 5.32 Å². The molecule has 1 N–H and O–H groups in total. The molecule has 2 aliphatic rings. The van der Waals surface area contributed by atoms with E-state index in [1.807, 2.05) is 0 Å². The van der Waals surface area contributed by atoms with Gasteiger partial charge in [0.25, 0.3) is 0 Å². The van der Waals surface area contributed by atoms with Crippen molar-refractivity contribution in [2.75, 3.05) is 26.2 Å². The van der Waals surface area contributed by atoms with Crippen molar-refractivity contribution in [3.63, 3.8) is 0 Å². The SMILES string of the molecule is CCCNCC(C)(CCC)CN(CC1CC1)C1CC1. The van der Waals surface area contributed by atoms with Crippen LogP contribution in [0.1, 0.15) is 65.7 Å². The zero-order valence-corrected chi connectivity index (χ0v) is 13.4. The van der Waals surface area contributed by atoms with E-state index < -0.39 is 0 Å². The zero-order chi connectivity index (χ0) is 13.7. The molecular formula is C17H34N2. The highest BCUT2D eigenvalue weighted by atomic mass is 15.2.